The van der Waals surface area contributed by atoms with Gasteiger partial charge in [-0.15, -0.1) is 0 Å². The Hall–Kier alpha value is -1.63. The third-order valence-corrected chi connectivity index (χ3v) is 6.41. The molecule has 1 fully saturated rings. The van der Waals surface area contributed by atoms with Gasteiger partial charge in [0.2, 0.25) is 0 Å². The Bertz CT molecular complexity index is 714. The molecule has 1 atom stereocenters. The minimum absolute atomic E-state index is 0.232. The highest BCUT2D eigenvalue weighted by Gasteiger charge is 2.35. The Labute approximate surface area is 138 Å². The van der Waals surface area contributed by atoms with Gasteiger partial charge < -0.3 is 4.57 Å². The van der Waals surface area contributed by atoms with Crippen molar-refractivity contribution in [3.8, 4) is 0 Å². The van der Waals surface area contributed by atoms with E-state index >= 15 is 0 Å². The van der Waals surface area contributed by atoms with Crippen LogP contribution in [0.1, 0.15) is 24.9 Å². The summed E-state index contributed by atoms with van der Waals surface area (Å²) in [5.41, 5.74) is 1.01. The first-order chi connectivity index (χ1) is 11.1. The van der Waals surface area contributed by atoms with E-state index in [1.54, 1.807) is 8.61 Å². The van der Waals surface area contributed by atoms with Crippen LogP contribution in [-0.2, 0) is 16.8 Å². The highest BCUT2D eigenvalue weighted by molar-refractivity contribution is 7.86. The molecule has 1 saturated heterocycles. The summed E-state index contributed by atoms with van der Waals surface area (Å²) >= 11 is 0. The van der Waals surface area contributed by atoms with E-state index in [1.807, 2.05) is 61.8 Å². The van der Waals surface area contributed by atoms with Crippen LogP contribution >= 0.6 is 0 Å². The van der Waals surface area contributed by atoms with Crippen LogP contribution in [0.15, 0.2) is 54.9 Å². The second-order valence-electron chi connectivity index (χ2n) is 5.85. The zero-order valence-corrected chi connectivity index (χ0v) is 14.2. The summed E-state index contributed by atoms with van der Waals surface area (Å²) < 4.78 is 31.1. The second-order valence-corrected chi connectivity index (χ2v) is 7.78. The van der Waals surface area contributed by atoms with Gasteiger partial charge in [-0.1, -0.05) is 37.3 Å². The molecule has 6 heteroatoms. The van der Waals surface area contributed by atoms with Gasteiger partial charge in [-0.2, -0.15) is 17.0 Å². The highest BCUT2D eigenvalue weighted by Crippen LogP contribution is 2.26. The molecule has 0 spiro atoms. The van der Waals surface area contributed by atoms with Gasteiger partial charge in [0, 0.05) is 44.6 Å². The van der Waals surface area contributed by atoms with E-state index in [4.69, 9.17) is 0 Å². The molecule has 2 aromatic rings. The molecule has 1 aromatic heterocycles. The maximum atomic E-state index is 12.9. The fraction of sp³-hybridized carbons (Fsp3) is 0.412. The van der Waals surface area contributed by atoms with E-state index in [0.29, 0.717) is 26.2 Å². The molecule has 0 amide bonds. The van der Waals surface area contributed by atoms with E-state index in [9.17, 15) is 8.42 Å². The number of hydrogen-bond acceptors (Lipinski definition) is 2. The molecule has 2 heterocycles. The maximum Gasteiger partial charge on any atom is 0.282 e. The predicted octanol–water partition coefficient (Wildman–Crippen LogP) is 2.50. The van der Waals surface area contributed by atoms with Crippen LogP contribution in [0.5, 0.6) is 0 Å². The largest absolute Gasteiger partial charge is 0.350 e. The molecule has 3 rings (SSSR count). The average molecular weight is 333 g/mol. The summed E-state index contributed by atoms with van der Waals surface area (Å²) in [6.45, 7) is 3.91. The minimum Gasteiger partial charge on any atom is -0.350 e. The molecule has 0 N–H and O–H groups in total. The fourth-order valence-corrected chi connectivity index (χ4v) is 4.72. The molecule has 1 aliphatic heterocycles. The van der Waals surface area contributed by atoms with Crippen molar-refractivity contribution in [2.24, 2.45) is 0 Å². The lowest BCUT2D eigenvalue weighted by atomic mass is 10.2. The Kier molecular flexibility index (Phi) is 4.84. The molecule has 0 aliphatic carbocycles. The van der Waals surface area contributed by atoms with Gasteiger partial charge in [0.1, 0.15) is 0 Å². The molecule has 124 valence electrons. The summed E-state index contributed by atoms with van der Waals surface area (Å²) in [5, 5.41) is 0. The maximum absolute atomic E-state index is 12.9. The Morgan fingerprint density at radius 2 is 1.83 bits per heavy atom. The average Bonchev–Trinajstić information content (AvgIpc) is 3.24. The van der Waals surface area contributed by atoms with Gasteiger partial charge in [0.25, 0.3) is 10.2 Å². The number of nitrogens with zero attached hydrogens (tertiary/aromatic N) is 3. The van der Waals surface area contributed by atoms with Gasteiger partial charge >= 0.3 is 0 Å². The summed E-state index contributed by atoms with van der Waals surface area (Å²) in [7, 11) is -3.42. The van der Waals surface area contributed by atoms with E-state index < -0.39 is 10.2 Å². The first-order valence-corrected chi connectivity index (χ1v) is 9.42. The molecule has 0 bridgehead atoms. The number of rotatable bonds is 6. The second kappa shape index (κ2) is 6.86. The molecule has 1 aliphatic rings. The minimum atomic E-state index is -3.42. The zero-order valence-electron chi connectivity index (χ0n) is 13.4. The van der Waals surface area contributed by atoms with Gasteiger partial charge in [-0.3, -0.25) is 0 Å². The smallest absolute Gasteiger partial charge is 0.282 e. The third kappa shape index (κ3) is 3.49. The topological polar surface area (TPSA) is 45.6 Å². The summed E-state index contributed by atoms with van der Waals surface area (Å²) in [5.74, 6) is 0. The van der Waals surface area contributed by atoms with Crippen molar-refractivity contribution in [3.63, 3.8) is 0 Å². The van der Waals surface area contributed by atoms with Gasteiger partial charge in [0.05, 0.1) is 0 Å². The molecule has 0 radical (unpaired) electrons. The molecule has 0 saturated carbocycles. The van der Waals surface area contributed by atoms with Crippen LogP contribution in [0.4, 0.5) is 0 Å². The first-order valence-electron chi connectivity index (χ1n) is 8.03. The van der Waals surface area contributed by atoms with E-state index in [-0.39, 0.29) is 6.04 Å². The van der Waals surface area contributed by atoms with Crippen LogP contribution in [0, 0.1) is 0 Å². The standard InChI is InChI=1S/C17H23N3O2S/c1-2-19(14-16-8-4-3-5-9-16)23(21,22)20-13-10-17(15-20)18-11-6-7-12-18/h3-9,11-12,17H,2,10,13-15H2,1H3/t17-/m0/s1. The normalized spacial score (nSPS) is 19.5. The number of hydrogen-bond donors (Lipinski definition) is 0. The zero-order chi connectivity index (χ0) is 16.3. The molecule has 23 heavy (non-hydrogen) atoms. The molecule has 1 aromatic carbocycles. The van der Waals surface area contributed by atoms with E-state index in [1.165, 1.54) is 0 Å². The summed E-state index contributed by atoms with van der Waals surface area (Å²) in [6, 6.07) is 13.9. The fourth-order valence-electron chi connectivity index (χ4n) is 3.06. The summed E-state index contributed by atoms with van der Waals surface area (Å²) in [4.78, 5) is 0. The highest BCUT2D eigenvalue weighted by atomic mass is 32.2. The van der Waals surface area contributed by atoms with Crippen molar-refractivity contribution in [2.45, 2.75) is 25.9 Å². The molecular weight excluding hydrogens is 310 g/mol. The van der Waals surface area contributed by atoms with E-state index in [2.05, 4.69) is 4.57 Å². The molecule has 0 unspecified atom stereocenters. The van der Waals surface area contributed by atoms with Gasteiger partial charge in [-0.05, 0) is 24.1 Å². The van der Waals surface area contributed by atoms with Crippen molar-refractivity contribution in [1.82, 2.24) is 13.2 Å². The van der Waals surface area contributed by atoms with Crippen molar-refractivity contribution in [3.05, 3.63) is 60.4 Å². The van der Waals surface area contributed by atoms with Crippen LogP contribution in [0.3, 0.4) is 0 Å². The number of aromatic nitrogens is 1. The summed E-state index contributed by atoms with van der Waals surface area (Å²) in [6.07, 6.45) is 4.86. The third-order valence-electron chi connectivity index (χ3n) is 4.38. The van der Waals surface area contributed by atoms with E-state index in [0.717, 1.165) is 12.0 Å². The van der Waals surface area contributed by atoms with Crippen molar-refractivity contribution < 1.29 is 8.42 Å². The van der Waals surface area contributed by atoms with Gasteiger partial charge in [0.15, 0.2) is 0 Å². The van der Waals surface area contributed by atoms with Crippen LogP contribution in [0.2, 0.25) is 0 Å². The van der Waals surface area contributed by atoms with Crippen molar-refractivity contribution >= 4 is 10.2 Å². The Balaban J connectivity index is 1.72. The quantitative estimate of drug-likeness (QED) is 0.815. The number of benzene rings is 1. The monoisotopic (exact) mass is 333 g/mol. The lowest BCUT2D eigenvalue weighted by molar-refractivity contribution is 0.359. The predicted molar refractivity (Wildman–Crippen MR) is 91.1 cm³/mol. The van der Waals surface area contributed by atoms with Crippen molar-refractivity contribution in [2.75, 3.05) is 19.6 Å². The van der Waals surface area contributed by atoms with Gasteiger partial charge in [-0.25, -0.2) is 0 Å². The van der Waals surface area contributed by atoms with Crippen LogP contribution in [0.25, 0.3) is 0 Å². The molecule has 5 nitrogen and oxygen atoms in total. The Morgan fingerprint density at radius 1 is 1.13 bits per heavy atom. The first kappa shape index (κ1) is 16.2. The lowest BCUT2D eigenvalue weighted by Crippen LogP contribution is -2.42. The van der Waals surface area contributed by atoms with Crippen LogP contribution in [-0.4, -0.2) is 41.2 Å². The van der Waals surface area contributed by atoms with Crippen molar-refractivity contribution in [1.29, 1.82) is 0 Å². The lowest BCUT2D eigenvalue weighted by Gasteiger charge is -2.26. The Morgan fingerprint density at radius 3 is 2.48 bits per heavy atom. The molecular formula is C17H23N3O2S. The SMILES string of the molecule is CCN(Cc1ccccc1)S(=O)(=O)N1CC[C@H](n2cccc2)C1. The van der Waals surface area contributed by atoms with Crippen LogP contribution < -0.4 is 0 Å².